The van der Waals surface area contributed by atoms with Crippen LogP contribution in [0, 0.1) is 5.82 Å². The summed E-state index contributed by atoms with van der Waals surface area (Å²) >= 11 is 0. The van der Waals surface area contributed by atoms with Gasteiger partial charge in [0.2, 0.25) is 11.8 Å². The van der Waals surface area contributed by atoms with Crippen molar-refractivity contribution in [2.24, 2.45) is 0 Å². The lowest BCUT2D eigenvalue weighted by Crippen LogP contribution is -2.52. The average Bonchev–Trinajstić information content (AvgIpc) is 3.04. The molecule has 3 amide bonds. The molecule has 150 valence electrons. The fourth-order valence-corrected chi connectivity index (χ4v) is 3.90. The van der Waals surface area contributed by atoms with Gasteiger partial charge in [0.25, 0.3) is 5.91 Å². The zero-order valence-corrected chi connectivity index (χ0v) is 16.1. The quantitative estimate of drug-likeness (QED) is 0.763. The smallest absolute Gasteiger partial charge is 0.255 e. The summed E-state index contributed by atoms with van der Waals surface area (Å²) in [5.41, 5.74) is 3.54. The fourth-order valence-electron chi connectivity index (χ4n) is 3.90. The normalized spacial score (nSPS) is 18.6. The van der Waals surface area contributed by atoms with E-state index in [4.69, 9.17) is 0 Å². The third kappa shape index (κ3) is 3.60. The summed E-state index contributed by atoms with van der Waals surface area (Å²) < 4.78 is 14.3. The van der Waals surface area contributed by atoms with Gasteiger partial charge in [0.05, 0.1) is 0 Å². The topological polar surface area (TPSA) is 78.5 Å². The second-order valence-electron chi connectivity index (χ2n) is 7.36. The van der Waals surface area contributed by atoms with Crippen LogP contribution in [0.25, 0.3) is 0 Å². The highest BCUT2D eigenvalue weighted by atomic mass is 19.1. The molecule has 2 heterocycles. The lowest BCUT2D eigenvalue weighted by Gasteiger charge is -2.29. The minimum Gasteiger partial charge on any atom is -0.381 e. The van der Waals surface area contributed by atoms with Crippen LogP contribution < -0.4 is 10.6 Å². The van der Waals surface area contributed by atoms with E-state index in [0.717, 1.165) is 23.2 Å². The summed E-state index contributed by atoms with van der Waals surface area (Å²) in [5.74, 6) is -1.23. The summed E-state index contributed by atoms with van der Waals surface area (Å²) in [7, 11) is 0. The molecule has 1 unspecified atom stereocenters. The average molecular weight is 395 g/mol. The highest BCUT2D eigenvalue weighted by Gasteiger charge is 2.39. The van der Waals surface area contributed by atoms with Crippen LogP contribution in [0.3, 0.4) is 0 Å². The molecule has 2 aromatic carbocycles. The van der Waals surface area contributed by atoms with E-state index in [1.54, 1.807) is 24.3 Å². The minimum atomic E-state index is -0.653. The van der Waals surface area contributed by atoms with Gasteiger partial charge in [0, 0.05) is 41.9 Å². The molecule has 2 aromatic rings. The molecule has 6 nitrogen and oxygen atoms in total. The number of nitrogens with one attached hydrogen (secondary N) is 2. The second kappa shape index (κ2) is 7.66. The van der Waals surface area contributed by atoms with Gasteiger partial charge in [-0.2, -0.15) is 0 Å². The Bertz CT molecular complexity index is 1000. The zero-order chi connectivity index (χ0) is 20.5. The van der Waals surface area contributed by atoms with Crippen LogP contribution in [0.15, 0.2) is 36.4 Å². The monoisotopic (exact) mass is 395 g/mol. The second-order valence-corrected chi connectivity index (χ2v) is 7.36. The van der Waals surface area contributed by atoms with Crippen molar-refractivity contribution in [1.82, 2.24) is 10.2 Å². The number of imide groups is 1. The largest absolute Gasteiger partial charge is 0.381 e. The Balaban J connectivity index is 1.53. The van der Waals surface area contributed by atoms with Crippen molar-refractivity contribution in [2.45, 2.75) is 45.3 Å². The molecule has 0 spiro atoms. The fraction of sp³-hybridized carbons (Fsp3) is 0.318. The summed E-state index contributed by atoms with van der Waals surface area (Å²) in [5, 5.41) is 5.53. The lowest BCUT2D eigenvalue weighted by atomic mass is 10.0. The number of anilines is 1. The Labute approximate surface area is 168 Å². The molecule has 0 radical (unpaired) electrons. The Morgan fingerprint density at radius 1 is 1.21 bits per heavy atom. The summed E-state index contributed by atoms with van der Waals surface area (Å²) in [6, 6.07) is 9.91. The standard InChI is InChI=1S/C22H22FN3O3/c1-2-13-6-7-14(17(23)10-13)11-24-18-5-3-4-15-16(18)12-26(22(15)29)19-8-9-20(27)25-21(19)28/h3-7,10,19,24H,2,8-9,11-12H2,1H3,(H,25,27,28). The van der Waals surface area contributed by atoms with Crippen molar-refractivity contribution in [3.8, 4) is 0 Å². The highest BCUT2D eigenvalue weighted by molar-refractivity contribution is 6.06. The number of aryl methyl sites for hydroxylation is 1. The molecule has 2 N–H and O–H groups in total. The van der Waals surface area contributed by atoms with Crippen LogP contribution in [-0.2, 0) is 29.1 Å². The van der Waals surface area contributed by atoms with Gasteiger partial charge in [-0.05, 0) is 36.6 Å². The minimum absolute atomic E-state index is 0.217. The van der Waals surface area contributed by atoms with Crippen molar-refractivity contribution in [2.75, 3.05) is 5.32 Å². The van der Waals surface area contributed by atoms with E-state index in [9.17, 15) is 18.8 Å². The van der Waals surface area contributed by atoms with E-state index < -0.39 is 11.9 Å². The van der Waals surface area contributed by atoms with Crippen molar-refractivity contribution in [3.63, 3.8) is 0 Å². The van der Waals surface area contributed by atoms with Gasteiger partial charge in [-0.15, -0.1) is 0 Å². The number of piperidine rings is 1. The molecule has 0 aliphatic carbocycles. The molecule has 1 fully saturated rings. The number of nitrogens with zero attached hydrogens (tertiary/aromatic N) is 1. The molecule has 0 saturated carbocycles. The van der Waals surface area contributed by atoms with Crippen molar-refractivity contribution in [1.29, 1.82) is 0 Å². The van der Waals surface area contributed by atoms with Crippen LogP contribution in [0.1, 0.15) is 46.8 Å². The van der Waals surface area contributed by atoms with E-state index in [1.807, 2.05) is 19.1 Å². The maximum absolute atomic E-state index is 14.3. The molecule has 4 rings (SSSR count). The molecule has 7 heteroatoms. The number of halogens is 1. The van der Waals surface area contributed by atoms with Crippen molar-refractivity contribution < 1.29 is 18.8 Å². The number of hydrogen-bond donors (Lipinski definition) is 2. The molecule has 29 heavy (non-hydrogen) atoms. The van der Waals surface area contributed by atoms with Gasteiger partial charge in [-0.3, -0.25) is 19.7 Å². The Morgan fingerprint density at radius 2 is 2.03 bits per heavy atom. The molecular weight excluding hydrogens is 373 g/mol. The molecule has 2 aliphatic heterocycles. The van der Waals surface area contributed by atoms with Gasteiger partial charge < -0.3 is 10.2 Å². The molecule has 0 aromatic heterocycles. The maximum Gasteiger partial charge on any atom is 0.255 e. The number of carbonyl (C=O) groups excluding carboxylic acids is 3. The third-order valence-corrected chi connectivity index (χ3v) is 5.58. The third-order valence-electron chi connectivity index (χ3n) is 5.58. The van der Waals surface area contributed by atoms with Gasteiger partial charge in [-0.1, -0.05) is 25.1 Å². The number of benzene rings is 2. The van der Waals surface area contributed by atoms with Gasteiger partial charge in [-0.25, -0.2) is 4.39 Å². The van der Waals surface area contributed by atoms with Crippen LogP contribution in [-0.4, -0.2) is 28.7 Å². The first-order valence-corrected chi connectivity index (χ1v) is 9.75. The summed E-state index contributed by atoms with van der Waals surface area (Å²) in [6.07, 6.45) is 1.31. The molecule has 0 bridgehead atoms. The maximum atomic E-state index is 14.3. The van der Waals surface area contributed by atoms with Gasteiger partial charge >= 0.3 is 0 Å². The van der Waals surface area contributed by atoms with Crippen LogP contribution >= 0.6 is 0 Å². The molecule has 1 atom stereocenters. The van der Waals surface area contributed by atoms with Crippen LogP contribution in [0.4, 0.5) is 10.1 Å². The van der Waals surface area contributed by atoms with E-state index >= 15 is 0 Å². The SMILES string of the molecule is CCc1ccc(CNc2cccc3c2CN(C2CCC(=O)NC2=O)C3=O)c(F)c1. The predicted octanol–water partition coefficient (Wildman–Crippen LogP) is 2.76. The molecular formula is C22H22FN3O3. The Kier molecular flexibility index (Phi) is 5.05. The first-order chi connectivity index (χ1) is 14.0. The Hall–Kier alpha value is -3.22. The first kappa shape index (κ1) is 19.1. The van der Waals surface area contributed by atoms with E-state index in [-0.39, 0.29) is 30.6 Å². The van der Waals surface area contributed by atoms with Gasteiger partial charge in [0.15, 0.2) is 0 Å². The van der Waals surface area contributed by atoms with E-state index in [2.05, 4.69) is 10.6 Å². The number of hydrogen-bond acceptors (Lipinski definition) is 4. The number of rotatable bonds is 5. The van der Waals surface area contributed by atoms with E-state index in [1.165, 1.54) is 4.90 Å². The number of amides is 3. The lowest BCUT2D eigenvalue weighted by molar-refractivity contribution is -0.136. The zero-order valence-electron chi connectivity index (χ0n) is 16.1. The van der Waals surface area contributed by atoms with Gasteiger partial charge in [0.1, 0.15) is 11.9 Å². The van der Waals surface area contributed by atoms with Crippen LogP contribution in [0.5, 0.6) is 0 Å². The van der Waals surface area contributed by atoms with E-state index in [0.29, 0.717) is 24.1 Å². The summed E-state index contributed by atoms with van der Waals surface area (Å²) in [6.45, 7) is 2.55. The predicted molar refractivity (Wildman–Crippen MR) is 106 cm³/mol. The first-order valence-electron chi connectivity index (χ1n) is 9.75. The van der Waals surface area contributed by atoms with Crippen molar-refractivity contribution in [3.05, 3.63) is 64.5 Å². The summed E-state index contributed by atoms with van der Waals surface area (Å²) in [4.78, 5) is 37.9. The Morgan fingerprint density at radius 3 is 2.76 bits per heavy atom. The van der Waals surface area contributed by atoms with Crippen LogP contribution in [0.2, 0.25) is 0 Å². The number of carbonyl (C=O) groups is 3. The number of fused-ring (bicyclic) bond motifs is 1. The molecule has 2 aliphatic rings. The highest BCUT2D eigenvalue weighted by Crippen LogP contribution is 2.32. The van der Waals surface area contributed by atoms with Crippen molar-refractivity contribution >= 4 is 23.4 Å². The molecule has 1 saturated heterocycles.